The first-order valence-electron chi connectivity index (χ1n) is 6.44. The molecular formula is C17H10ClF3O2. The molecule has 6 heteroatoms. The lowest BCUT2D eigenvalue weighted by atomic mass is 10.1. The minimum atomic E-state index is -4.37. The number of hydrogen-bond donors (Lipinski definition) is 0. The molecule has 0 aliphatic carbocycles. The van der Waals surface area contributed by atoms with Crippen molar-refractivity contribution in [2.24, 2.45) is 0 Å². The van der Waals surface area contributed by atoms with E-state index in [1.54, 1.807) is 12.1 Å². The van der Waals surface area contributed by atoms with Gasteiger partial charge in [0.25, 0.3) is 0 Å². The number of ether oxygens (including phenoxy) is 1. The van der Waals surface area contributed by atoms with E-state index in [0.717, 1.165) is 12.1 Å². The Bertz CT molecular complexity index is 756. The summed E-state index contributed by atoms with van der Waals surface area (Å²) in [6.07, 6.45) is -3.75. The zero-order chi connectivity index (χ0) is 16.9. The molecule has 2 nitrogen and oxygen atoms in total. The standard InChI is InChI=1S/C17H10ClF3O2/c18-15-7-8-16(13(10-15)11-22)23-9-1-2-12-3-5-14(6-4-12)17(19,20)21/h3-8,10-11H,9H2. The number of rotatable bonds is 3. The molecule has 0 atom stereocenters. The molecule has 0 fully saturated rings. The quantitative estimate of drug-likeness (QED) is 0.604. The summed E-state index contributed by atoms with van der Waals surface area (Å²) in [6.45, 7) is -0.0104. The fraction of sp³-hybridized carbons (Fsp3) is 0.118. The lowest BCUT2D eigenvalue weighted by Crippen LogP contribution is -2.04. The third-order valence-electron chi connectivity index (χ3n) is 2.84. The van der Waals surface area contributed by atoms with Crippen LogP contribution in [0, 0.1) is 11.8 Å². The van der Waals surface area contributed by atoms with E-state index < -0.39 is 11.7 Å². The molecule has 118 valence electrons. The van der Waals surface area contributed by atoms with Gasteiger partial charge in [0.2, 0.25) is 0 Å². The van der Waals surface area contributed by atoms with Crippen LogP contribution in [0.15, 0.2) is 42.5 Å². The highest BCUT2D eigenvalue weighted by molar-refractivity contribution is 6.30. The molecule has 0 N–H and O–H groups in total. The normalized spacial score (nSPS) is 10.6. The van der Waals surface area contributed by atoms with Gasteiger partial charge in [-0.3, -0.25) is 4.79 Å². The fourth-order valence-electron chi connectivity index (χ4n) is 1.74. The summed E-state index contributed by atoms with van der Waals surface area (Å²) in [6, 6.07) is 9.10. The van der Waals surface area contributed by atoms with Crippen LogP contribution in [-0.4, -0.2) is 12.9 Å². The summed E-state index contributed by atoms with van der Waals surface area (Å²) in [5, 5.41) is 0.412. The van der Waals surface area contributed by atoms with Crippen molar-refractivity contribution in [2.75, 3.05) is 6.61 Å². The van der Waals surface area contributed by atoms with E-state index in [-0.39, 0.29) is 6.61 Å². The van der Waals surface area contributed by atoms with E-state index in [1.807, 2.05) is 0 Å². The first-order valence-corrected chi connectivity index (χ1v) is 6.81. The van der Waals surface area contributed by atoms with Crippen molar-refractivity contribution in [3.8, 4) is 17.6 Å². The molecule has 0 unspecified atom stereocenters. The molecule has 0 amide bonds. The van der Waals surface area contributed by atoms with Gasteiger partial charge in [0, 0.05) is 10.6 Å². The summed E-state index contributed by atoms with van der Waals surface area (Å²) >= 11 is 5.76. The first kappa shape index (κ1) is 16.9. The summed E-state index contributed by atoms with van der Waals surface area (Å²) in [5.74, 6) is 5.70. The second-order valence-electron chi connectivity index (χ2n) is 4.47. The van der Waals surface area contributed by atoms with Gasteiger partial charge in [-0.25, -0.2) is 0 Å². The molecule has 2 aromatic rings. The van der Waals surface area contributed by atoms with Gasteiger partial charge in [-0.2, -0.15) is 13.2 Å². The number of alkyl halides is 3. The molecule has 0 bridgehead atoms. The first-order chi connectivity index (χ1) is 10.9. The highest BCUT2D eigenvalue weighted by atomic mass is 35.5. The average molecular weight is 339 g/mol. The maximum absolute atomic E-state index is 12.4. The molecule has 2 rings (SSSR count). The monoisotopic (exact) mass is 338 g/mol. The molecule has 0 heterocycles. The lowest BCUT2D eigenvalue weighted by Gasteiger charge is -2.05. The van der Waals surface area contributed by atoms with Gasteiger partial charge in [0.1, 0.15) is 12.4 Å². The van der Waals surface area contributed by atoms with E-state index >= 15 is 0 Å². The molecule has 0 aliphatic heterocycles. The van der Waals surface area contributed by atoms with Gasteiger partial charge >= 0.3 is 6.18 Å². The Labute approximate surface area is 135 Å². The Hall–Kier alpha value is -2.45. The van der Waals surface area contributed by atoms with Crippen LogP contribution >= 0.6 is 11.6 Å². The van der Waals surface area contributed by atoms with E-state index in [0.29, 0.717) is 28.2 Å². The predicted molar refractivity (Wildman–Crippen MR) is 80.7 cm³/mol. The van der Waals surface area contributed by atoms with Crippen molar-refractivity contribution in [1.29, 1.82) is 0 Å². The molecule has 0 aliphatic rings. The summed E-state index contributed by atoms with van der Waals surface area (Å²) in [7, 11) is 0. The molecule has 0 saturated heterocycles. The van der Waals surface area contributed by atoms with Crippen molar-refractivity contribution in [3.05, 3.63) is 64.2 Å². The van der Waals surface area contributed by atoms with Crippen LogP contribution in [0.4, 0.5) is 13.2 Å². The Morgan fingerprint density at radius 2 is 1.83 bits per heavy atom. The minimum absolute atomic E-state index is 0.0104. The zero-order valence-electron chi connectivity index (χ0n) is 11.7. The van der Waals surface area contributed by atoms with Gasteiger partial charge in [-0.05, 0) is 42.5 Å². The maximum atomic E-state index is 12.4. The number of benzene rings is 2. The van der Waals surface area contributed by atoms with Crippen molar-refractivity contribution >= 4 is 17.9 Å². The summed E-state index contributed by atoms with van der Waals surface area (Å²) < 4.78 is 42.6. The van der Waals surface area contributed by atoms with Crippen molar-refractivity contribution in [3.63, 3.8) is 0 Å². The molecule has 0 saturated carbocycles. The Balaban J connectivity index is 2.00. The van der Waals surface area contributed by atoms with Gasteiger partial charge < -0.3 is 4.74 Å². The van der Waals surface area contributed by atoms with E-state index in [9.17, 15) is 18.0 Å². The molecular weight excluding hydrogens is 329 g/mol. The Kier molecular flexibility index (Phi) is 5.30. The van der Waals surface area contributed by atoms with Crippen molar-refractivity contribution in [1.82, 2.24) is 0 Å². The molecule has 0 aromatic heterocycles. The smallest absolute Gasteiger partial charge is 0.416 e. The topological polar surface area (TPSA) is 26.3 Å². The van der Waals surface area contributed by atoms with Crippen LogP contribution in [0.2, 0.25) is 5.02 Å². The van der Waals surface area contributed by atoms with Crippen LogP contribution in [-0.2, 0) is 6.18 Å². The molecule has 2 aromatic carbocycles. The maximum Gasteiger partial charge on any atom is 0.416 e. The second kappa shape index (κ2) is 7.21. The summed E-state index contributed by atoms with van der Waals surface area (Å²) in [4.78, 5) is 10.9. The van der Waals surface area contributed by atoms with Crippen molar-refractivity contribution in [2.45, 2.75) is 6.18 Å². The van der Waals surface area contributed by atoms with Crippen molar-refractivity contribution < 1.29 is 22.7 Å². The third kappa shape index (κ3) is 4.76. The number of aldehydes is 1. The van der Waals surface area contributed by atoms with E-state index in [4.69, 9.17) is 16.3 Å². The van der Waals surface area contributed by atoms with Crippen LogP contribution in [0.25, 0.3) is 0 Å². The Morgan fingerprint density at radius 1 is 1.13 bits per heavy atom. The van der Waals surface area contributed by atoms with Crippen LogP contribution in [0.5, 0.6) is 5.75 Å². The Morgan fingerprint density at radius 3 is 2.43 bits per heavy atom. The molecule has 23 heavy (non-hydrogen) atoms. The van der Waals surface area contributed by atoms with Gasteiger partial charge in [0.05, 0.1) is 11.1 Å². The number of halogens is 4. The lowest BCUT2D eigenvalue weighted by molar-refractivity contribution is -0.137. The minimum Gasteiger partial charge on any atom is -0.480 e. The third-order valence-corrected chi connectivity index (χ3v) is 3.08. The molecule has 0 radical (unpaired) electrons. The number of hydrogen-bond acceptors (Lipinski definition) is 2. The zero-order valence-corrected chi connectivity index (χ0v) is 12.4. The van der Waals surface area contributed by atoms with Crippen LogP contribution < -0.4 is 4.74 Å². The van der Waals surface area contributed by atoms with E-state index in [2.05, 4.69) is 11.8 Å². The SMILES string of the molecule is O=Cc1cc(Cl)ccc1OCC#Cc1ccc(C(F)(F)F)cc1. The largest absolute Gasteiger partial charge is 0.480 e. The van der Waals surface area contributed by atoms with Gasteiger partial charge in [-0.1, -0.05) is 23.4 Å². The summed E-state index contributed by atoms with van der Waals surface area (Å²) in [5.41, 5.74) is 0.0123. The van der Waals surface area contributed by atoms with Gasteiger partial charge in [0.15, 0.2) is 6.29 Å². The fourth-order valence-corrected chi connectivity index (χ4v) is 1.92. The average Bonchev–Trinajstić information content (AvgIpc) is 2.52. The second-order valence-corrected chi connectivity index (χ2v) is 4.90. The molecule has 0 spiro atoms. The van der Waals surface area contributed by atoms with Crippen LogP contribution in [0.1, 0.15) is 21.5 Å². The number of carbonyl (C=O) groups excluding carboxylic acids is 1. The van der Waals surface area contributed by atoms with Crippen LogP contribution in [0.3, 0.4) is 0 Å². The highest BCUT2D eigenvalue weighted by Gasteiger charge is 2.29. The highest BCUT2D eigenvalue weighted by Crippen LogP contribution is 2.28. The van der Waals surface area contributed by atoms with E-state index in [1.165, 1.54) is 18.2 Å². The number of carbonyl (C=O) groups is 1. The predicted octanol–water partition coefficient (Wildman–Crippen LogP) is 4.60. The van der Waals surface area contributed by atoms with Gasteiger partial charge in [-0.15, -0.1) is 0 Å².